The summed E-state index contributed by atoms with van der Waals surface area (Å²) in [5, 5.41) is 11.7. The monoisotopic (exact) mass is 258 g/mol. The Bertz CT molecular complexity index is 319. The number of nitrogens with one attached hydrogen (secondary N) is 1. The smallest absolute Gasteiger partial charge is 0.326 e. The molecule has 5 nitrogen and oxygen atoms in total. The van der Waals surface area contributed by atoms with Crippen molar-refractivity contribution in [3.63, 3.8) is 0 Å². The van der Waals surface area contributed by atoms with Crippen molar-refractivity contribution >= 4 is 11.9 Å². The first-order chi connectivity index (χ1) is 7.95. The van der Waals surface area contributed by atoms with Gasteiger partial charge in [0, 0.05) is 5.54 Å². The van der Waals surface area contributed by atoms with Crippen LogP contribution in [0.15, 0.2) is 0 Å². The van der Waals surface area contributed by atoms with Crippen molar-refractivity contribution in [3.05, 3.63) is 0 Å². The van der Waals surface area contributed by atoms with Gasteiger partial charge in [0.1, 0.15) is 6.04 Å². The lowest BCUT2D eigenvalue weighted by Gasteiger charge is -2.38. The van der Waals surface area contributed by atoms with Crippen LogP contribution in [-0.4, -0.2) is 28.6 Å². The number of carbonyl (C=O) groups is 2. The van der Waals surface area contributed by atoms with Gasteiger partial charge in [0.25, 0.3) is 0 Å². The molecule has 0 saturated heterocycles. The summed E-state index contributed by atoms with van der Waals surface area (Å²) in [6.07, 6.45) is 0.684. The number of carboxylic acid groups (broad SMARTS) is 1. The quantitative estimate of drug-likeness (QED) is 0.671. The maximum atomic E-state index is 12.2. The van der Waals surface area contributed by atoms with Crippen molar-refractivity contribution in [1.82, 2.24) is 5.32 Å². The third-order valence-electron chi connectivity index (χ3n) is 3.94. The minimum absolute atomic E-state index is 0.122. The zero-order chi connectivity index (χ0) is 14.7. The Balaban J connectivity index is 4.98. The minimum atomic E-state index is -1.01. The molecular formula is C13H26N2O3. The number of amides is 1. The van der Waals surface area contributed by atoms with Gasteiger partial charge in [0.15, 0.2) is 0 Å². The number of aliphatic carboxylic acids is 1. The predicted molar refractivity (Wildman–Crippen MR) is 71.1 cm³/mol. The highest BCUT2D eigenvalue weighted by Crippen LogP contribution is 2.28. The van der Waals surface area contributed by atoms with Crippen LogP contribution in [0.3, 0.4) is 0 Å². The first kappa shape index (κ1) is 16.9. The van der Waals surface area contributed by atoms with Gasteiger partial charge in [-0.15, -0.1) is 0 Å². The van der Waals surface area contributed by atoms with Crippen LogP contribution in [0.25, 0.3) is 0 Å². The summed E-state index contributed by atoms with van der Waals surface area (Å²) < 4.78 is 0. The first-order valence-electron chi connectivity index (χ1n) is 6.27. The van der Waals surface area contributed by atoms with Gasteiger partial charge in [-0.3, -0.25) is 4.79 Å². The Morgan fingerprint density at radius 1 is 1.28 bits per heavy atom. The molecular weight excluding hydrogens is 232 g/mol. The lowest BCUT2D eigenvalue weighted by atomic mass is 9.74. The molecule has 18 heavy (non-hydrogen) atoms. The average Bonchev–Trinajstić information content (AvgIpc) is 2.22. The van der Waals surface area contributed by atoms with E-state index in [0.717, 1.165) is 0 Å². The molecule has 0 radical (unpaired) electrons. The number of hydrogen-bond donors (Lipinski definition) is 3. The van der Waals surface area contributed by atoms with E-state index in [1.807, 2.05) is 6.92 Å². The third-order valence-corrected chi connectivity index (χ3v) is 3.94. The van der Waals surface area contributed by atoms with Crippen LogP contribution in [0.2, 0.25) is 0 Å². The normalized spacial score (nSPS) is 15.9. The van der Waals surface area contributed by atoms with Gasteiger partial charge in [-0.05, 0) is 33.6 Å². The maximum Gasteiger partial charge on any atom is 0.326 e. The Kier molecular flexibility index (Phi) is 5.35. The van der Waals surface area contributed by atoms with Crippen molar-refractivity contribution < 1.29 is 14.7 Å². The van der Waals surface area contributed by atoms with Crippen LogP contribution >= 0.6 is 0 Å². The standard InChI is InChI=1S/C13H26N2O3/c1-7-8(2)9(10(16)17)15-11(18)12(3,4)13(5,6)14/h8-9H,7,14H2,1-6H3,(H,15,18)(H,16,17). The molecule has 0 spiro atoms. The molecule has 0 aromatic carbocycles. The van der Waals surface area contributed by atoms with E-state index in [-0.39, 0.29) is 11.8 Å². The van der Waals surface area contributed by atoms with Crippen molar-refractivity contribution in [3.8, 4) is 0 Å². The summed E-state index contributed by atoms with van der Waals surface area (Å²) in [6.45, 7) is 10.7. The van der Waals surface area contributed by atoms with Crippen LogP contribution in [0.5, 0.6) is 0 Å². The molecule has 0 aliphatic heterocycles. The fraction of sp³-hybridized carbons (Fsp3) is 0.846. The number of hydrogen-bond acceptors (Lipinski definition) is 3. The number of rotatable bonds is 6. The predicted octanol–water partition coefficient (Wildman–Crippen LogP) is 1.37. The van der Waals surface area contributed by atoms with Gasteiger partial charge in [-0.2, -0.15) is 0 Å². The van der Waals surface area contributed by atoms with Gasteiger partial charge in [-0.1, -0.05) is 20.3 Å². The molecule has 0 heterocycles. The molecule has 2 atom stereocenters. The van der Waals surface area contributed by atoms with E-state index < -0.39 is 23.0 Å². The van der Waals surface area contributed by atoms with E-state index in [1.54, 1.807) is 34.6 Å². The lowest BCUT2D eigenvalue weighted by molar-refractivity contribution is -0.145. The lowest BCUT2D eigenvalue weighted by Crippen LogP contribution is -2.58. The molecule has 0 aromatic rings. The summed E-state index contributed by atoms with van der Waals surface area (Å²) in [5.74, 6) is -1.46. The molecule has 4 N–H and O–H groups in total. The average molecular weight is 258 g/mol. The fourth-order valence-electron chi connectivity index (χ4n) is 1.30. The summed E-state index contributed by atoms with van der Waals surface area (Å²) in [7, 11) is 0. The summed E-state index contributed by atoms with van der Waals surface area (Å²) in [4.78, 5) is 23.4. The minimum Gasteiger partial charge on any atom is -0.480 e. The summed E-state index contributed by atoms with van der Waals surface area (Å²) in [5.41, 5.74) is 4.40. The molecule has 0 rings (SSSR count). The van der Waals surface area contributed by atoms with Gasteiger partial charge in [0.2, 0.25) is 5.91 Å². The molecule has 1 amide bonds. The Labute approximate surface area is 109 Å². The molecule has 0 bridgehead atoms. The Morgan fingerprint density at radius 2 is 1.72 bits per heavy atom. The van der Waals surface area contributed by atoms with E-state index >= 15 is 0 Å². The van der Waals surface area contributed by atoms with E-state index in [4.69, 9.17) is 10.8 Å². The summed E-state index contributed by atoms with van der Waals surface area (Å²) in [6, 6.07) is -0.871. The SMILES string of the molecule is CCC(C)C(NC(=O)C(C)(C)C(C)(C)N)C(=O)O. The van der Waals surface area contributed by atoms with E-state index in [0.29, 0.717) is 6.42 Å². The summed E-state index contributed by atoms with van der Waals surface area (Å²) >= 11 is 0. The first-order valence-corrected chi connectivity index (χ1v) is 6.27. The molecule has 0 aromatic heterocycles. The maximum absolute atomic E-state index is 12.2. The topological polar surface area (TPSA) is 92.4 Å². The van der Waals surface area contributed by atoms with Gasteiger partial charge < -0.3 is 16.2 Å². The fourth-order valence-corrected chi connectivity index (χ4v) is 1.30. The van der Waals surface area contributed by atoms with E-state index in [1.165, 1.54) is 0 Å². The zero-order valence-corrected chi connectivity index (χ0v) is 12.2. The van der Waals surface area contributed by atoms with Crippen LogP contribution in [0.1, 0.15) is 48.0 Å². The molecule has 0 aliphatic carbocycles. The largest absolute Gasteiger partial charge is 0.480 e. The van der Waals surface area contributed by atoms with E-state index in [9.17, 15) is 9.59 Å². The van der Waals surface area contributed by atoms with Crippen LogP contribution in [0.4, 0.5) is 0 Å². The van der Waals surface area contributed by atoms with E-state index in [2.05, 4.69) is 5.32 Å². The number of nitrogens with two attached hydrogens (primary N) is 1. The molecule has 106 valence electrons. The van der Waals surface area contributed by atoms with Gasteiger partial charge in [-0.25, -0.2) is 4.79 Å². The second kappa shape index (κ2) is 5.69. The zero-order valence-electron chi connectivity index (χ0n) is 12.2. The highest BCUT2D eigenvalue weighted by atomic mass is 16.4. The van der Waals surface area contributed by atoms with Crippen LogP contribution in [-0.2, 0) is 9.59 Å². The Morgan fingerprint density at radius 3 is 2.00 bits per heavy atom. The van der Waals surface area contributed by atoms with Crippen molar-refractivity contribution in [2.75, 3.05) is 0 Å². The van der Waals surface area contributed by atoms with Gasteiger partial charge >= 0.3 is 5.97 Å². The highest BCUT2D eigenvalue weighted by molar-refractivity contribution is 5.88. The highest BCUT2D eigenvalue weighted by Gasteiger charge is 2.42. The third kappa shape index (κ3) is 3.70. The molecule has 0 saturated carbocycles. The Hall–Kier alpha value is -1.10. The second-order valence-electron chi connectivity index (χ2n) is 6.02. The molecule has 0 aliphatic rings. The van der Waals surface area contributed by atoms with Gasteiger partial charge in [0.05, 0.1) is 5.41 Å². The molecule has 5 heteroatoms. The van der Waals surface area contributed by atoms with Crippen molar-refractivity contribution in [2.45, 2.75) is 59.5 Å². The second-order valence-corrected chi connectivity index (χ2v) is 6.02. The van der Waals surface area contributed by atoms with Crippen molar-refractivity contribution in [1.29, 1.82) is 0 Å². The molecule has 0 fully saturated rings. The van der Waals surface area contributed by atoms with Crippen LogP contribution < -0.4 is 11.1 Å². The molecule has 2 unspecified atom stereocenters. The van der Waals surface area contributed by atoms with Crippen LogP contribution in [0, 0.1) is 11.3 Å². The van der Waals surface area contributed by atoms with Crippen molar-refractivity contribution in [2.24, 2.45) is 17.1 Å². The number of carboxylic acids is 1. The number of carbonyl (C=O) groups excluding carboxylic acids is 1.